The van der Waals surface area contributed by atoms with Crippen LogP contribution < -0.4 is 11.1 Å². The number of hydrogen-bond acceptors (Lipinski definition) is 3. The Balaban J connectivity index is 2.01. The first-order chi connectivity index (χ1) is 9.70. The highest BCUT2D eigenvalue weighted by Gasteiger charge is 2.23. The molecule has 0 aromatic heterocycles. The molecule has 4 nitrogen and oxygen atoms in total. The second-order valence-electron chi connectivity index (χ2n) is 4.90. The number of carbonyl (C=O) groups is 1. The molecule has 1 aromatic carbocycles. The summed E-state index contributed by atoms with van der Waals surface area (Å²) in [5.41, 5.74) is 6.75. The van der Waals surface area contributed by atoms with Crippen LogP contribution in [0.25, 0.3) is 0 Å². The molecule has 0 spiro atoms. The quantitative estimate of drug-likeness (QED) is 0.815. The molecule has 1 heterocycles. The van der Waals surface area contributed by atoms with Crippen molar-refractivity contribution < 1.29 is 9.53 Å². The molecule has 1 aliphatic rings. The van der Waals surface area contributed by atoms with Gasteiger partial charge in [-0.25, -0.2) is 0 Å². The zero-order valence-corrected chi connectivity index (χ0v) is 11.7. The number of nitrogens with two attached hydrogens (primary N) is 1. The van der Waals surface area contributed by atoms with E-state index in [0.717, 1.165) is 25.0 Å². The molecule has 1 aliphatic heterocycles. The smallest absolute Gasteiger partial charge is 0.251 e. The average Bonchev–Trinajstić information content (AvgIpc) is 2.99. The molecule has 4 heteroatoms. The zero-order valence-electron chi connectivity index (χ0n) is 11.7. The van der Waals surface area contributed by atoms with E-state index in [-0.39, 0.29) is 18.1 Å². The van der Waals surface area contributed by atoms with E-state index in [1.54, 1.807) is 12.1 Å². The number of rotatable bonds is 3. The van der Waals surface area contributed by atoms with E-state index < -0.39 is 0 Å². The maximum atomic E-state index is 12.2. The Bertz CT molecular complexity index is 525. The van der Waals surface area contributed by atoms with Crippen LogP contribution in [0, 0.1) is 11.8 Å². The van der Waals surface area contributed by atoms with Crippen LogP contribution in [0.2, 0.25) is 0 Å². The number of amides is 1. The first-order valence-electron chi connectivity index (χ1n) is 6.92. The number of nitrogens with one attached hydrogen (secondary N) is 1. The number of ether oxygens (including phenoxy) is 1. The largest absolute Gasteiger partial charge is 0.376 e. The number of carbonyl (C=O) groups excluding carboxylic acids is 1. The molecular weight excluding hydrogens is 252 g/mol. The predicted molar refractivity (Wildman–Crippen MR) is 78.3 cm³/mol. The van der Waals surface area contributed by atoms with Gasteiger partial charge >= 0.3 is 0 Å². The molecule has 0 bridgehead atoms. The third-order valence-electron chi connectivity index (χ3n) is 3.34. The van der Waals surface area contributed by atoms with Crippen LogP contribution in [0.4, 0.5) is 0 Å². The van der Waals surface area contributed by atoms with E-state index in [9.17, 15) is 4.79 Å². The van der Waals surface area contributed by atoms with Gasteiger partial charge < -0.3 is 15.8 Å². The Hall–Kier alpha value is -1.83. The van der Waals surface area contributed by atoms with Crippen molar-refractivity contribution in [2.45, 2.75) is 31.9 Å². The van der Waals surface area contributed by atoms with Crippen LogP contribution in [0.5, 0.6) is 0 Å². The summed E-state index contributed by atoms with van der Waals surface area (Å²) in [6.07, 6.45) is 2.19. The minimum absolute atomic E-state index is 0.0174. The van der Waals surface area contributed by atoms with Crippen LogP contribution >= 0.6 is 0 Å². The maximum Gasteiger partial charge on any atom is 0.251 e. The summed E-state index contributed by atoms with van der Waals surface area (Å²) in [5, 5.41) is 2.98. The fourth-order valence-electron chi connectivity index (χ4n) is 2.27. The molecule has 1 saturated heterocycles. The lowest BCUT2D eigenvalue weighted by atomic mass is 10.1. The number of hydrogen-bond donors (Lipinski definition) is 2. The van der Waals surface area contributed by atoms with Gasteiger partial charge in [-0.15, -0.1) is 0 Å². The van der Waals surface area contributed by atoms with E-state index in [0.29, 0.717) is 12.1 Å². The van der Waals surface area contributed by atoms with Gasteiger partial charge in [-0.3, -0.25) is 4.79 Å². The summed E-state index contributed by atoms with van der Waals surface area (Å²) < 4.78 is 5.58. The molecule has 2 unspecified atom stereocenters. The highest BCUT2D eigenvalue weighted by molar-refractivity contribution is 5.94. The Labute approximate surface area is 119 Å². The van der Waals surface area contributed by atoms with Crippen molar-refractivity contribution in [3.05, 3.63) is 35.4 Å². The van der Waals surface area contributed by atoms with Crippen LogP contribution in [0.15, 0.2) is 24.3 Å². The normalized spacial score (nSPS) is 19.0. The average molecular weight is 272 g/mol. The Morgan fingerprint density at radius 3 is 3.15 bits per heavy atom. The standard InChI is InChI=1S/C16H20N2O2/c1-12(15-8-4-10-20-15)18-16(19)14-7-2-5-13(11-14)6-3-9-17/h2,5,7,11-12,15H,4,8-10,17H2,1H3,(H,18,19). The lowest BCUT2D eigenvalue weighted by molar-refractivity contribution is 0.0712. The van der Waals surface area contributed by atoms with Crippen molar-refractivity contribution in [2.24, 2.45) is 5.73 Å². The topological polar surface area (TPSA) is 64.4 Å². The van der Waals surface area contributed by atoms with Gasteiger partial charge in [0.15, 0.2) is 0 Å². The summed E-state index contributed by atoms with van der Waals surface area (Å²) >= 11 is 0. The number of benzene rings is 1. The van der Waals surface area contributed by atoms with Crippen molar-refractivity contribution in [3.63, 3.8) is 0 Å². The molecule has 106 valence electrons. The Kier molecular flexibility index (Phi) is 5.16. The van der Waals surface area contributed by atoms with Crippen molar-refractivity contribution >= 4 is 5.91 Å². The molecular formula is C16H20N2O2. The van der Waals surface area contributed by atoms with Crippen molar-refractivity contribution in [3.8, 4) is 11.8 Å². The molecule has 2 atom stereocenters. The van der Waals surface area contributed by atoms with Crippen molar-refractivity contribution in [1.82, 2.24) is 5.32 Å². The maximum absolute atomic E-state index is 12.2. The van der Waals surface area contributed by atoms with Crippen LogP contribution in [0.1, 0.15) is 35.7 Å². The summed E-state index contributed by atoms with van der Waals surface area (Å²) in [4.78, 5) is 12.2. The molecule has 0 saturated carbocycles. The predicted octanol–water partition coefficient (Wildman–Crippen LogP) is 1.29. The highest BCUT2D eigenvalue weighted by Crippen LogP contribution is 2.16. The van der Waals surface area contributed by atoms with Crippen LogP contribution in [0.3, 0.4) is 0 Å². The molecule has 1 amide bonds. The first kappa shape index (κ1) is 14.6. The van der Waals surface area contributed by atoms with E-state index >= 15 is 0 Å². The van der Waals surface area contributed by atoms with Gasteiger partial charge in [-0.2, -0.15) is 0 Å². The van der Waals surface area contributed by atoms with Crippen molar-refractivity contribution in [1.29, 1.82) is 0 Å². The van der Waals surface area contributed by atoms with Gasteiger partial charge in [-0.1, -0.05) is 17.9 Å². The fourth-order valence-corrected chi connectivity index (χ4v) is 2.27. The van der Waals surface area contributed by atoms with Gasteiger partial charge in [0.05, 0.1) is 18.7 Å². The summed E-state index contributed by atoms with van der Waals surface area (Å²) in [6.45, 7) is 3.08. The molecule has 1 aromatic rings. The van der Waals surface area contributed by atoms with Gasteiger partial charge in [0, 0.05) is 17.7 Å². The third kappa shape index (κ3) is 3.83. The zero-order chi connectivity index (χ0) is 14.4. The van der Waals surface area contributed by atoms with Gasteiger partial charge in [-0.05, 0) is 38.0 Å². The van der Waals surface area contributed by atoms with E-state index in [1.807, 2.05) is 19.1 Å². The second kappa shape index (κ2) is 7.09. The highest BCUT2D eigenvalue weighted by atomic mass is 16.5. The fraction of sp³-hybridized carbons (Fsp3) is 0.438. The van der Waals surface area contributed by atoms with E-state index in [1.165, 1.54) is 0 Å². The molecule has 0 radical (unpaired) electrons. The lowest BCUT2D eigenvalue weighted by Gasteiger charge is -2.20. The van der Waals surface area contributed by atoms with E-state index in [4.69, 9.17) is 10.5 Å². The minimum Gasteiger partial charge on any atom is -0.376 e. The Morgan fingerprint density at radius 2 is 2.45 bits per heavy atom. The van der Waals surface area contributed by atoms with Gasteiger partial charge in [0.1, 0.15) is 0 Å². The van der Waals surface area contributed by atoms with E-state index in [2.05, 4.69) is 17.2 Å². The molecule has 2 rings (SSSR count). The molecule has 3 N–H and O–H groups in total. The monoisotopic (exact) mass is 272 g/mol. The minimum atomic E-state index is -0.0931. The van der Waals surface area contributed by atoms with Crippen LogP contribution in [-0.4, -0.2) is 31.2 Å². The third-order valence-corrected chi connectivity index (χ3v) is 3.34. The summed E-state index contributed by atoms with van der Waals surface area (Å²) in [5.74, 6) is 5.62. The van der Waals surface area contributed by atoms with Gasteiger partial charge in [0.25, 0.3) is 5.91 Å². The van der Waals surface area contributed by atoms with Crippen molar-refractivity contribution in [2.75, 3.05) is 13.2 Å². The van der Waals surface area contributed by atoms with Crippen LogP contribution in [-0.2, 0) is 4.74 Å². The SMILES string of the molecule is CC(NC(=O)c1cccc(C#CCN)c1)C1CCCO1. The summed E-state index contributed by atoms with van der Waals surface area (Å²) in [7, 11) is 0. The second-order valence-corrected chi connectivity index (χ2v) is 4.90. The molecule has 20 heavy (non-hydrogen) atoms. The lowest BCUT2D eigenvalue weighted by Crippen LogP contribution is -2.40. The first-order valence-corrected chi connectivity index (χ1v) is 6.92. The van der Waals surface area contributed by atoms with Gasteiger partial charge in [0.2, 0.25) is 0 Å². The Morgan fingerprint density at radius 1 is 1.60 bits per heavy atom. The molecule has 0 aliphatic carbocycles. The summed E-state index contributed by atoms with van der Waals surface area (Å²) in [6, 6.07) is 7.27. The molecule has 1 fully saturated rings.